The van der Waals surface area contributed by atoms with E-state index in [0.29, 0.717) is 11.4 Å². The van der Waals surface area contributed by atoms with Crippen LogP contribution in [0.15, 0.2) is 48.5 Å². The van der Waals surface area contributed by atoms with Gasteiger partial charge < -0.3 is 10.6 Å². The molecule has 0 saturated carbocycles. The van der Waals surface area contributed by atoms with E-state index in [-0.39, 0.29) is 24.7 Å². The summed E-state index contributed by atoms with van der Waals surface area (Å²) in [7, 11) is 0. The van der Waals surface area contributed by atoms with Crippen molar-refractivity contribution in [2.24, 2.45) is 5.41 Å². The minimum atomic E-state index is -0.568. The maximum absolute atomic E-state index is 13.3. The Bertz CT molecular complexity index is 877. The van der Waals surface area contributed by atoms with Gasteiger partial charge >= 0.3 is 6.03 Å². The zero-order valence-corrected chi connectivity index (χ0v) is 16.4. The van der Waals surface area contributed by atoms with Crippen molar-refractivity contribution in [3.63, 3.8) is 0 Å². The van der Waals surface area contributed by atoms with Gasteiger partial charge in [-0.2, -0.15) is 0 Å². The Morgan fingerprint density at radius 1 is 1.07 bits per heavy atom. The van der Waals surface area contributed by atoms with Gasteiger partial charge in [0.1, 0.15) is 5.82 Å². The molecule has 154 valence electrons. The fraction of sp³-hybridized carbons (Fsp3) is 0.300. The first kappa shape index (κ1) is 21.8. The lowest BCUT2D eigenvalue weighted by Crippen LogP contribution is -2.43. The Hall–Kier alpha value is -3.49. The van der Waals surface area contributed by atoms with Gasteiger partial charge in [0.05, 0.1) is 4.92 Å². The number of nitrogens with zero attached hydrogens (tertiary/aromatic N) is 2. The van der Waals surface area contributed by atoms with Crippen LogP contribution in [0.25, 0.3) is 0 Å². The van der Waals surface area contributed by atoms with Crippen LogP contribution in [0, 0.1) is 21.3 Å². The molecule has 2 rings (SSSR count). The van der Waals surface area contributed by atoms with Crippen LogP contribution in [-0.2, 0) is 4.79 Å². The van der Waals surface area contributed by atoms with E-state index in [2.05, 4.69) is 10.6 Å². The number of nitro groups is 1. The summed E-state index contributed by atoms with van der Waals surface area (Å²) in [4.78, 5) is 36.4. The number of hydrogen-bond acceptors (Lipinski definition) is 4. The number of carbonyl (C=O) groups is 2. The third-order valence-electron chi connectivity index (χ3n) is 4.01. The fourth-order valence-corrected chi connectivity index (χ4v) is 2.37. The molecule has 2 aromatic rings. The largest absolute Gasteiger partial charge is 0.354 e. The molecule has 2 N–H and O–H groups in total. The SMILES string of the molecule is CC(C)(C)C(=O)NCCN(C(=O)Nc1ccc([N+](=O)[O-])cc1)c1ccc(F)cc1. The van der Waals surface area contributed by atoms with Crippen LogP contribution in [0.4, 0.5) is 26.2 Å². The average molecular weight is 402 g/mol. The van der Waals surface area contributed by atoms with Gasteiger partial charge in [-0.15, -0.1) is 0 Å². The summed E-state index contributed by atoms with van der Waals surface area (Å²) in [6.07, 6.45) is 0. The third-order valence-corrected chi connectivity index (χ3v) is 4.01. The molecule has 0 aromatic heterocycles. The maximum Gasteiger partial charge on any atom is 0.326 e. The Morgan fingerprint density at radius 3 is 2.17 bits per heavy atom. The highest BCUT2D eigenvalue weighted by Gasteiger charge is 2.22. The third kappa shape index (κ3) is 6.27. The summed E-state index contributed by atoms with van der Waals surface area (Å²) >= 11 is 0. The van der Waals surface area contributed by atoms with Gasteiger partial charge in [0.2, 0.25) is 5.91 Å². The van der Waals surface area contributed by atoms with Crippen molar-refractivity contribution in [3.05, 3.63) is 64.5 Å². The smallest absolute Gasteiger partial charge is 0.326 e. The lowest BCUT2D eigenvalue weighted by Gasteiger charge is -2.25. The summed E-state index contributed by atoms with van der Waals surface area (Å²) in [6.45, 7) is 5.68. The number of carbonyl (C=O) groups excluding carboxylic acids is 2. The van der Waals surface area contributed by atoms with Gasteiger partial charge in [0.25, 0.3) is 5.69 Å². The fourth-order valence-electron chi connectivity index (χ4n) is 2.37. The molecule has 0 radical (unpaired) electrons. The van der Waals surface area contributed by atoms with Crippen LogP contribution < -0.4 is 15.5 Å². The molecular formula is C20H23FN4O4. The van der Waals surface area contributed by atoms with Crippen molar-refractivity contribution < 1.29 is 18.9 Å². The Kier molecular flexibility index (Phi) is 6.87. The van der Waals surface area contributed by atoms with Crippen molar-refractivity contribution in [3.8, 4) is 0 Å². The number of non-ortho nitro benzene ring substituents is 1. The zero-order chi connectivity index (χ0) is 21.6. The molecule has 0 bridgehead atoms. The second kappa shape index (κ2) is 9.13. The minimum absolute atomic E-state index is 0.0942. The molecule has 9 heteroatoms. The van der Waals surface area contributed by atoms with Gasteiger partial charge in [0, 0.05) is 42.0 Å². The quantitative estimate of drug-likeness (QED) is 0.564. The van der Waals surface area contributed by atoms with E-state index in [0.717, 1.165) is 0 Å². The second-order valence-electron chi connectivity index (χ2n) is 7.37. The van der Waals surface area contributed by atoms with Crippen molar-refractivity contribution in [1.29, 1.82) is 0 Å². The van der Waals surface area contributed by atoms with Crippen molar-refractivity contribution >= 4 is 29.0 Å². The molecule has 0 atom stereocenters. The van der Waals surface area contributed by atoms with Crippen LogP contribution in [0.5, 0.6) is 0 Å². The molecule has 2 aromatic carbocycles. The molecule has 0 heterocycles. The molecular weight excluding hydrogens is 379 g/mol. The van der Waals surface area contributed by atoms with E-state index in [4.69, 9.17) is 0 Å². The highest BCUT2D eigenvalue weighted by Crippen LogP contribution is 2.19. The van der Waals surface area contributed by atoms with Gasteiger partial charge in [0.15, 0.2) is 0 Å². The van der Waals surface area contributed by atoms with Crippen LogP contribution in [-0.4, -0.2) is 30.0 Å². The Morgan fingerprint density at radius 2 is 1.66 bits per heavy atom. The predicted molar refractivity (Wildman–Crippen MR) is 108 cm³/mol. The number of nitrogens with one attached hydrogen (secondary N) is 2. The second-order valence-corrected chi connectivity index (χ2v) is 7.37. The number of urea groups is 1. The summed E-state index contributed by atoms with van der Waals surface area (Å²) in [5, 5.41) is 16.2. The highest BCUT2D eigenvalue weighted by molar-refractivity contribution is 6.01. The first-order valence-electron chi connectivity index (χ1n) is 8.95. The molecule has 0 aliphatic rings. The normalized spacial score (nSPS) is 10.9. The first-order chi connectivity index (χ1) is 13.6. The van der Waals surface area contributed by atoms with E-state index in [1.807, 2.05) is 0 Å². The van der Waals surface area contributed by atoms with Crippen molar-refractivity contribution in [2.75, 3.05) is 23.3 Å². The van der Waals surface area contributed by atoms with E-state index in [1.54, 1.807) is 20.8 Å². The summed E-state index contributed by atoms with van der Waals surface area (Å²) in [6, 6.07) is 10.2. The molecule has 0 unspecified atom stereocenters. The molecule has 0 aliphatic carbocycles. The number of hydrogen-bond donors (Lipinski definition) is 2. The zero-order valence-electron chi connectivity index (χ0n) is 16.4. The van der Waals surface area contributed by atoms with Gasteiger partial charge in [-0.1, -0.05) is 20.8 Å². The average Bonchev–Trinajstić information content (AvgIpc) is 2.65. The lowest BCUT2D eigenvalue weighted by atomic mass is 9.96. The van der Waals surface area contributed by atoms with Crippen molar-refractivity contribution in [2.45, 2.75) is 20.8 Å². The highest BCUT2D eigenvalue weighted by atomic mass is 19.1. The van der Waals surface area contributed by atoms with E-state index in [9.17, 15) is 24.1 Å². The number of amides is 3. The monoisotopic (exact) mass is 402 g/mol. The summed E-state index contributed by atoms with van der Waals surface area (Å²) < 4.78 is 13.3. The number of halogens is 1. The molecule has 3 amide bonds. The predicted octanol–water partition coefficient (Wildman–Crippen LogP) is 3.93. The number of rotatable bonds is 6. The first-order valence-corrected chi connectivity index (χ1v) is 8.95. The maximum atomic E-state index is 13.3. The standard InChI is InChI=1S/C20H23FN4O4/c1-20(2,3)18(26)22-12-13-24(16-8-4-14(21)5-9-16)19(27)23-15-6-10-17(11-7-15)25(28)29/h4-11H,12-13H2,1-3H3,(H,22,26)(H,23,27). The van der Waals surface area contributed by atoms with Gasteiger partial charge in [-0.25, -0.2) is 9.18 Å². The van der Waals surface area contributed by atoms with Crippen LogP contribution >= 0.6 is 0 Å². The molecule has 0 spiro atoms. The van der Waals surface area contributed by atoms with Crippen LogP contribution in [0.2, 0.25) is 0 Å². The van der Waals surface area contributed by atoms with Gasteiger partial charge in [-0.3, -0.25) is 19.8 Å². The van der Waals surface area contributed by atoms with E-state index in [1.165, 1.54) is 53.4 Å². The summed E-state index contributed by atoms with van der Waals surface area (Å²) in [5.74, 6) is -0.599. The topological polar surface area (TPSA) is 105 Å². The molecule has 8 nitrogen and oxygen atoms in total. The van der Waals surface area contributed by atoms with Crippen LogP contribution in [0.3, 0.4) is 0 Å². The van der Waals surface area contributed by atoms with Gasteiger partial charge in [-0.05, 0) is 36.4 Å². The summed E-state index contributed by atoms with van der Waals surface area (Å²) in [5.41, 5.74) is 0.146. The minimum Gasteiger partial charge on any atom is -0.354 e. The van der Waals surface area contributed by atoms with Crippen LogP contribution in [0.1, 0.15) is 20.8 Å². The van der Waals surface area contributed by atoms with E-state index >= 15 is 0 Å². The lowest BCUT2D eigenvalue weighted by molar-refractivity contribution is -0.384. The Labute approximate surface area is 167 Å². The van der Waals surface area contributed by atoms with E-state index < -0.39 is 22.2 Å². The molecule has 29 heavy (non-hydrogen) atoms. The number of benzene rings is 2. The number of anilines is 2. The molecule has 0 fully saturated rings. The Balaban J connectivity index is 2.13. The van der Waals surface area contributed by atoms with Crippen molar-refractivity contribution in [1.82, 2.24) is 5.32 Å². The molecule has 0 aliphatic heterocycles. The number of nitro benzene ring substituents is 1. The molecule has 0 saturated heterocycles.